The van der Waals surface area contributed by atoms with Crippen LogP contribution in [0.4, 0.5) is 0 Å². The highest BCUT2D eigenvalue weighted by molar-refractivity contribution is 6.31. The van der Waals surface area contributed by atoms with Gasteiger partial charge in [-0.05, 0) is 34.1 Å². The molecule has 1 aliphatic rings. The van der Waals surface area contributed by atoms with Crippen molar-refractivity contribution in [3.8, 4) is 0 Å². The molecule has 1 aliphatic carbocycles. The van der Waals surface area contributed by atoms with Gasteiger partial charge in [-0.2, -0.15) is 0 Å². The van der Waals surface area contributed by atoms with Gasteiger partial charge < -0.3 is 0 Å². The summed E-state index contributed by atoms with van der Waals surface area (Å²) in [6.07, 6.45) is 1.05. The van der Waals surface area contributed by atoms with Gasteiger partial charge in [0.25, 0.3) is 0 Å². The standard InChI is InChI=1S/C11H19NO/c1-6-7-12-8-10(2,3)9(13)11(8,4)5/h6-7H2,1-5H3. The SMILES string of the molecule is CCCN=C1C(C)(C)C(=O)C1(C)C. The predicted octanol–water partition coefficient (Wildman–Crippen LogP) is 2.47. The highest BCUT2D eigenvalue weighted by Crippen LogP contribution is 2.47. The Morgan fingerprint density at radius 2 is 1.62 bits per heavy atom. The number of Topliss-reactive ketones (excluding diaryl/α,β-unsaturated/α-hetero) is 1. The predicted molar refractivity (Wildman–Crippen MR) is 55.2 cm³/mol. The normalized spacial score (nSPS) is 24.1. The zero-order valence-electron chi connectivity index (χ0n) is 9.27. The van der Waals surface area contributed by atoms with E-state index < -0.39 is 0 Å². The van der Waals surface area contributed by atoms with Gasteiger partial charge >= 0.3 is 0 Å². The van der Waals surface area contributed by atoms with Crippen LogP contribution in [0.1, 0.15) is 41.0 Å². The lowest BCUT2D eigenvalue weighted by molar-refractivity contribution is -0.134. The number of hydrogen-bond acceptors (Lipinski definition) is 2. The molecule has 1 fully saturated rings. The summed E-state index contributed by atoms with van der Waals surface area (Å²) in [6.45, 7) is 10.8. The van der Waals surface area contributed by atoms with Crippen molar-refractivity contribution in [1.82, 2.24) is 0 Å². The minimum atomic E-state index is -0.307. The van der Waals surface area contributed by atoms with Gasteiger partial charge in [-0.15, -0.1) is 0 Å². The first kappa shape index (κ1) is 10.4. The van der Waals surface area contributed by atoms with Crippen LogP contribution >= 0.6 is 0 Å². The average molecular weight is 181 g/mol. The third-order valence-corrected chi connectivity index (χ3v) is 2.81. The van der Waals surface area contributed by atoms with E-state index in [2.05, 4.69) is 11.9 Å². The second-order valence-corrected chi connectivity index (χ2v) is 4.81. The molecular formula is C11H19NO. The van der Waals surface area contributed by atoms with E-state index in [-0.39, 0.29) is 10.8 Å². The van der Waals surface area contributed by atoms with Gasteiger partial charge in [0.15, 0.2) is 5.78 Å². The van der Waals surface area contributed by atoms with Crippen LogP contribution in [-0.2, 0) is 4.79 Å². The molecule has 2 nitrogen and oxygen atoms in total. The molecule has 0 aromatic rings. The second-order valence-electron chi connectivity index (χ2n) is 4.81. The highest BCUT2D eigenvalue weighted by Gasteiger charge is 2.58. The Bertz CT molecular complexity index is 241. The molecule has 0 bridgehead atoms. The van der Waals surface area contributed by atoms with E-state index in [1.807, 2.05) is 27.7 Å². The minimum Gasteiger partial charge on any atom is -0.298 e. The number of carbonyl (C=O) groups excluding carboxylic acids is 1. The highest BCUT2D eigenvalue weighted by atomic mass is 16.1. The van der Waals surface area contributed by atoms with Gasteiger partial charge in [-0.25, -0.2) is 0 Å². The fourth-order valence-electron chi connectivity index (χ4n) is 2.33. The smallest absolute Gasteiger partial charge is 0.155 e. The number of hydrogen-bond donors (Lipinski definition) is 0. The molecular weight excluding hydrogens is 162 g/mol. The van der Waals surface area contributed by atoms with Gasteiger partial charge in [-0.1, -0.05) is 6.92 Å². The van der Waals surface area contributed by atoms with Gasteiger partial charge in [-0.3, -0.25) is 9.79 Å². The van der Waals surface area contributed by atoms with E-state index in [1.54, 1.807) is 0 Å². The summed E-state index contributed by atoms with van der Waals surface area (Å²) in [5.74, 6) is 0.315. The van der Waals surface area contributed by atoms with E-state index in [0.29, 0.717) is 5.78 Å². The van der Waals surface area contributed by atoms with Gasteiger partial charge in [0.05, 0.1) is 10.8 Å². The molecule has 0 atom stereocenters. The molecule has 74 valence electrons. The zero-order chi connectivity index (χ0) is 10.3. The maximum Gasteiger partial charge on any atom is 0.155 e. The number of rotatable bonds is 2. The lowest BCUT2D eigenvalue weighted by Crippen LogP contribution is -2.61. The van der Waals surface area contributed by atoms with E-state index in [1.165, 1.54) is 0 Å². The first-order valence-electron chi connectivity index (χ1n) is 4.95. The summed E-state index contributed by atoms with van der Waals surface area (Å²) in [7, 11) is 0. The topological polar surface area (TPSA) is 29.4 Å². The Morgan fingerprint density at radius 1 is 1.15 bits per heavy atom. The Hall–Kier alpha value is -0.660. The van der Waals surface area contributed by atoms with Crippen LogP contribution < -0.4 is 0 Å². The first-order valence-corrected chi connectivity index (χ1v) is 4.95. The minimum absolute atomic E-state index is 0.307. The lowest BCUT2D eigenvalue weighted by Gasteiger charge is -2.48. The summed E-state index contributed by atoms with van der Waals surface area (Å²) in [6, 6.07) is 0. The summed E-state index contributed by atoms with van der Waals surface area (Å²) in [5.41, 5.74) is 0.462. The molecule has 1 saturated carbocycles. The molecule has 13 heavy (non-hydrogen) atoms. The largest absolute Gasteiger partial charge is 0.298 e. The van der Waals surface area contributed by atoms with Crippen molar-refractivity contribution in [1.29, 1.82) is 0 Å². The quantitative estimate of drug-likeness (QED) is 0.643. The Kier molecular flexibility index (Phi) is 2.35. The van der Waals surface area contributed by atoms with Crippen molar-refractivity contribution in [3.05, 3.63) is 0 Å². The molecule has 0 radical (unpaired) electrons. The summed E-state index contributed by atoms with van der Waals surface area (Å²) in [4.78, 5) is 16.2. The van der Waals surface area contributed by atoms with Crippen molar-refractivity contribution in [3.63, 3.8) is 0 Å². The number of carbonyl (C=O) groups is 1. The number of aliphatic imine (C=N–C) groups is 1. The van der Waals surface area contributed by atoms with Crippen LogP contribution in [-0.4, -0.2) is 18.0 Å². The molecule has 0 amide bonds. The van der Waals surface area contributed by atoms with Crippen LogP contribution in [0, 0.1) is 10.8 Å². The molecule has 0 spiro atoms. The molecule has 0 aromatic heterocycles. The molecule has 0 unspecified atom stereocenters. The fourth-order valence-corrected chi connectivity index (χ4v) is 2.33. The van der Waals surface area contributed by atoms with E-state index in [9.17, 15) is 4.79 Å². The maximum absolute atomic E-state index is 11.7. The lowest BCUT2D eigenvalue weighted by atomic mass is 9.53. The molecule has 0 aromatic carbocycles. The van der Waals surface area contributed by atoms with E-state index in [0.717, 1.165) is 18.7 Å². The molecule has 0 heterocycles. The van der Waals surface area contributed by atoms with Crippen molar-refractivity contribution in [2.75, 3.05) is 6.54 Å². The summed E-state index contributed by atoms with van der Waals surface area (Å²) in [5, 5.41) is 0. The van der Waals surface area contributed by atoms with Crippen LogP contribution in [0.5, 0.6) is 0 Å². The third kappa shape index (κ3) is 1.32. The van der Waals surface area contributed by atoms with Gasteiger partial charge in [0, 0.05) is 12.3 Å². The zero-order valence-corrected chi connectivity index (χ0v) is 9.27. The average Bonchev–Trinajstić information content (AvgIpc) is 2.03. The number of ketones is 1. The summed E-state index contributed by atoms with van der Waals surface area (Å²) < 4.78 is 0. The Morgan fingerprint density at radius 3 is 2.00 bits per heavy atom. The van der Waals surface area contributed by atoms with Crippen LogP contribution in [0.25, 0.3) is 0 Å². The molecule has 0 aliphatic heterocycles. The number of nitrogens with zero attached hydrogens (tertiary/aromatic N) is 1. The van der Waals surface area contributed by atoms with Crippen molar-refractivity contribution in [2.24, 2.45) is 15.8 Å². The molecule has 0 N–H and O–H groups in total. The van der Waals surface area contributed by atoms with Crippen LogP contribution in [0.2, 0.25) is 0 Å². The van der Waals surface area contributed by atoms with Crippen molar-refractivity contribution < 1.29 is 4.79 Å². The van der Waals surface area contributed by atoms with Crippen LogP contribution in [0.3, 0.4) is 0 Å². The molecule has 1 rings (SSSR count). The Labute approximate surface area is 80.4 Å². The summed E-state index contributed by atoms with van der Waals surface area (Å²) >= 11 is 0. The Balaban J connectivity index is 2.91. The van der Waals surface area contributed by atoms with Gasteiger partial charge in [0.2, 0.25) is 0 Å². The fraction of sp³-hybridized carbons (Fsp3) is 0.818. The third-order valence-electron chi connectivity index (χ3n) is 2.81. The first-order chi connectivity index (χ1) is 5.85. The van der Waals surface area contributed by atoms with E-state index in [4.69, 9.17) is 0 Å². The van der Waals surface area contributed by atoms with E-state index >= 15 is 0 Å². The van der Waals surface area contributed by atoms with Crippen molar-refractivity contribution in [2.45, 2.75) is 41.0 Å². The second kappa shape index (κ2) is 2.93. The molecule has 2 heteroatoms. The maximum atomic E-state index is 11.7. The monoisotopic (exact) mass is 181 g/mol. The van der Waals surface area contributed by atoms with Crippen LogP contribution in [0.15, 0.2) is 4.99 Å². The van der Waals surface area contributed by atoms with Gasteiger partial charge in [0.1, 0.15) is 0 Å². The molecule has 0 saturated heterocycles. The van der Waals surface area contributed by atoms with Crippen molar-refractivity contribution >= 4 is 11.5 Å².